The Kier molecular flexibility index (Phi) is 4.29. The van der Waals surface area contributed by atoms with E-state index in [0.29, 0.717) is 22.6 Å². The lowest BCUT2D eigenvalue weighted by Crippen LogP contribution is -2.35. The van der Waals surface area contributed by atoms with Gasteiger partial charge in [0.15, 0.2) is 0 Å². The summed E-state index contributed by atoms with van der Waals surface area (Å²) in [6.07, 6.45) is 3.86. The molecule has 1 aliphatic heterocycles. The Bertz CT molecular complexity index is 603. The molecule has 0 unspecified atom stereocenters. The fourth-order valence-corrected chi connectivity index (χ4v) is 2.95. The summed E-state index contributed by atoms with van der Waals surface area (Å²) in [5.74, 6) is 0.969. The molecule has 112 valence electrons. The average Bonchev–Trinajstić information content (AvgIpc) is 2.53. The van der Waals surface area contributed by atoms with E-state index in [0.717, 1.165) is 26.2 Å². The number of nitrogens with one attached hydrogen (secondary N) is 1. The van der Waals surface area contributed by atoms with E-state index in [9.17, 15) is 4.39 Å². The zero-order chi connectivity index (χ0) is 14.7. The van der Waals surface area contributed by atoms with Gasteiger partial charge in [0.1, 0.15) is 18.0 Å². The topological polar surface area (TPSA) is 41.0 Å². The molecule has 3 rings (SSSR count). The molecule has 2 aromatic rings. The SMILES string of the molecule is CCN1CCC(CNc2ncnc3cccc(F)c23)CC1. The highest BCUT2D eigenvalue weighted by molar-refractivity contribution is 5.89. The molecular weight excluding hydrogens is 267 g/mol. The van der Waals surface area contributed by atoms with Gasteiger partial charge in [0.05, 0.1) is 10.9 Å². The van der Waals surface area contributed by atoms with Gasteiger partial charge in [-0.2, -0.15) is 0 Å². The average molecular weight is 288 g/mol. The van der Waals surface area contributed by atoms with E-state index in [1.807, 2.05) is 6.07 Å². The standard InChI is InChI=1S/C16H21FN4/c1-2-21-8-6-12(7-9-21)10-18-16-15-13(17)4-3-5-14(15)19-11-20-16/h3-5,11-12H,2,6-10H2,1H3,(H,18,19,20). The number of piperidine rings is 1. The van der Waals surface area contributed by atoms with E-state index in [2.05, 4.69) is 27.1 Å². The van der Waals surface area contributed by atoms with Gasteiger partial charge in [-0.05, 0) is 50.5 Å². The van der Waals surface area contributed by atoms with Crippen LogP contribution in [-0.2, 0) is 0 Å². The molecular formula is C16H21FN4. The lowest BCUT2D eigenvalue weighted by Gasteiger charge is -2.31. The zero-order valence-electron chi connectivity index (χ0n) is 12.3. The number of rotatable bonds is 4. The van der Waals surface area contributed by atoms with Crippen molar-refractivity contribution in [1.82, 2.24) is 14.9 Å². The molecule has 0 radical (unpaired) electrons. The molecule has 0 atom stereocenters. The van der Waals surface area contributed by atoms with Crippen LogP contribution in [0.2, 0.25) is 0 Å². The van der Waals surface area contributed by atoms with E-state index in [1.165, 1.54) is 25.2 Å². The molecule has 0 spiro atoms. The molecule has 1 aromatic carbocycles. The van der Waals surface area contributed by atoms with Crippen molar-refractivity contribution < 1.29 is 4.39 Å². The Balaban J connectivity index is 1.69. The Morgan fingerprint density at radius 1 is 1.29 bits per heavy atom. The molecule has 0 amide bonds. The van der Waals surface area contributed by atoms with Crippen LogP contribution in [0, 0.1) is 11.7 Å². The van der Waals surface area contributed by atoms with Crippen LogP contribution >= 0.6 is 0 Å². The number of anilines is 1. The lowest BCUT2D eigenvalue weighted by atomic mass is 9.97. The van der Waals surface area contributed by atoms with Crippen LogP contribution in [0.1, 0.15) is 19.8 Å². The second kappa shape index (κ2) is 6.35. The van der Waals surface area contributed by atoms with Gasteiger partial charge in [-0.15, -0.1) is 0 Å². The van der Waals surface area contributed by atoms with Crippen LogP contribution in [0.3, 0.4) is 0 Å². The summed E-state index contributed by atoms with van der Waals surface area (Å²) in [4.78, 5) is 10.8. The maximum Gasteiger partial charge on any atom is 0.140 e. The molecule has 1 aliphatic rings. The molecule has 0 saturated carbocycles. The van der Waals surface area contributed by atoms with Crippen molar-refractivity contribution in [2.45, 2.75) is 19.8 Å². The summed E-state index contributed by atoms with van der Waals surface area (Å²) in [5, 5.41) is 3.81. The minimum Gasteiger partial charge on any atom is -0.369 e. The third kappa shape index (κ3) is 3.13. The Morgan fingerprint density at radius 2 is 2.10 bits per heavy atom. The number of halogens is 1. The lowest BCUT2D eigenvalue weighted by molar-refractivity contribution is 0.198. The number of hydrogen-bond acceptors (Lipinski definition) is 4. The van der Waals surface area contributed by atoms with Gasteiger partial charge in [-0.1, -0.05) is 13.0 Å². The van der Waals surface area contributed by atoms with Crippen molar-refractivity contribution in [3.8, 4) is 0 Å². The van der Waals surface area contributed by atoms with Crippen molar-refractivity contribution in [3.05, 3.63) is 30.3 Å². The number of benzene rings is 1. The predicted octanol–water partition coefficient (Wildman–Crippen LogP) is 2.91. The largest absolute Gasteiger partial charge is 0.369 e. The zero-order valence-corrected chi connectivity index (χ0v) is 12.3. The van der Waals surface area contributed by atoms with Crippen molar-refractivity contribution in [1.29, 1.82) is 0 Å². The summed E-state index contributed by atoms with van der Waals surface area (Å²) in [5.41, 5.74) is 0.647. The van der Waals surface area contributed by atoms with Crippen molar-refractivity contribution in [2.24, 2.45) is 5.92 Å². The molecule has 1 fully saturated rings. The Hall–Kier alpha value is -1.75. The quantitative estimate of drug-likeness (QED) is 0.939. The summed E-state index contributed by atoms with van der Waals surface area (Å²) in [7, 11) is 0. The number of hydrogen-bond donors (Lipinski definition) is 1. The molecule has 1 saturated heterocycles. The van der Waals surface area contributed by atoms with Crippen molar-refractivity contribution in [3.63, 3.8) is 0 Å². The first kappa shape index (κ1) is 14.2. The first-order chi connectivity index (χ1) is 10.3. The maximum absolute atomic E-state index is 14.0. The van der Waals surface area contributed by atoms with Crippen LogP contribution in [0.5, 0.6) is 0 Å². The monoisotopic (exact) mass is 288 g/mol. The summed E-state index contributed by atoms with van der Waals surface area (Å²) in [6, 6.07) is 4.94. The van der Waals surface area contributed by atoms with Gasteiger partial charge in [-0.3, -0.25) is 0 Å². The molecule has 0 bridgehead atoms. The van der Waals surface area contributed by atoms with Crippen LogP contribution in [-0.4, -0.2) is 41.0 Å². The highest BCUT2D eigenvalue weighted by atomic mass is 19.1. The molecule has 1 N–H and O–H groups in total. The fourth-order valence-electron chi connectivity index (χ4n) is 2.95. The van der Waals surface area contributed by atoms with E-state index in [-0.39, 0.29) is 5.82 Å². The van der Waals surface area contributed by atoms with Gasteiger partial charge in [-0.25, -0.2) is 14.4 Å². The van der Waals surface area contributed by atoms with Gasteiger partial charge in [0.2, 0.25) is 0 Å². The second-order valence-corrected chi connectivity index (χ2v) is 5.61. The molecule has 4 nitrogen and oxygen atoms in total. The van der Waals surface area contributed by atoms with Gasteiger partial charge >= 0.3 is 0 Å². The van der Waals surface area contributed by atoms with E-state index >= 15 is 0 Å². The molecule has 21 heavy (non-hydrogen) atoms. The van der Waals surface area contributed by atoms with E-state index < -0.39 is 0 Å². The van der Waals surface area contributed by atoms with Crippen LogP contribution in [0.4, 0.5) is 10.2 Å². The van der Waals surface area contributed by atoms with Crippen molar-refractivity contribution >= 4 is 16.7 Å². The summed E-state index contributed by atoms with van der Waals surface area (Å²) >= 11 is 0. The van der Waals surface area contributed by atoms with Crippen molar-refractivity contribution in [2.75, 3.05) is 31.5 Å². The molecule has 2 heterocycles. The maximum atomic E-state index is 14.0. The normalized spacial score (nSPS) is 17.2. The highest BCUT2D eigenvalue weighted by Gasteiger charge is 2.18. The van der Waals surface area contributed by atoms with Gasteiger partial charge in [0.25, 0.3) is 0 Å². The number of nitrogens with zero attached hydrogens (tertiary/aromatic N) is 3. The third-order valence-electron chi connectivity index (χ3n) is 4.32. The number of fused-ring (bicyclic) bond motifs is 1. The molecule has 5 heteroatoms. The highest BCUT2D eigenvalue weighted by Crippen LogP contribution is 2.23. The minimum atomic E-state index is -0.267. The second-order valence-electron chi connectivity index (χ2n) is 5.61. The van der Waals surface area contributed by atoms with Crippen LogP contribution < -0.4 is 5.32 Å². The fraction of sp³-hybridized carbons (Fsp3) is 0.500. The van der Waals surface area contributed by atoms with Crippen LogP contribution in [0.25, 0.3) is 10.9 Å². The molecule has 1 aromatic heterocycles. The Morgan fingerprint density at radius 3 is 2.86 bits per heavy atom. The molecule has 0 aliphatic carbocycles. The minimum absolute atomic E-state index is 0.267. The third-order valence-corrected chi connectivity index (χ3v) is 4.32. The summed E-state index contributed by atoms with van der Waals surface area (Å²) in [6.45, 7) is 6.48. The van der Waals surface area contributed by atoms with Gasteiger partial charge < -0.3 is 10.2 Å². The predicted molar refractivity (Wildman–Crippen MR) is 82.8 cm³/mol. The Labute approximate surface area is 124 Å². The smallest absolute Gasteiger partial charge is 0.140 e. The summed E-state index contributed by atoms with van der Waals surface area (Å²) < 4.78 is 14.0. The van der Waals surface area contributed by atoms with E-state index in [4.69, 9.17) is 0 Å². The van der Waals surface area contributed by atoms with E-state index in [1.54, 1.807) is 6.07 Å². The first-order valence-corrected chi connectivity index (χ1v) is 7.63. The number of likely N-dealkylation sites (tertiary alicyclic amines) is 1. The van der Waals surface area contributed by atoms with Gasteiger partial charge in [0, 0.05) is 6.54 Å². The first-order valence-electron chi connectivity index (χ1n) is 7.63. The van der Waals surface area contributed by atoms with Crippen LogP contribution in [0.15, 0.2) is 24.5 Å². The number of aromatic nitrogens is 2.